The van der Waals surface area contributed by atoms with E-state index in [1.54, 1.807) is 0 Å². The lowest BCUT2D eigenvalue weighted by molar-refractivity contribution is -0.137. The molecule has 0 heterocycles. The number of hydrogen-bond acceptors (Lipinski definition) is 2. The van der Waals surface area contributed by atoms with Crippen molar-refractivity contribution < 1.29 is 14.7 Å². The number of carbonyl (C=O) groups excluding carboxylic acids is 1. The minimum atomic E-state index is -0.825. The number of carboxylic acids is 1. The van der Waals surface area contributed by atoms with Gasteiger partial charge in [0.15, 0.2) is 0 Å². The van der Waals surface area contributed by atoms with Crippen LogP contribution in [0.2, 0.25) is 0 Å². The largest absolute Gasteiger partial charge is 0.481 e. The number of hydrogen-bond donors (Lipinski definition) is 2. The lowest BCUT2D eigenvalue weighted by atomic mass is 10.0. The third kappa shape index (κ3) is 3.09. The zero-order valence-electron chi connectivity index (χ0n) is 12.0. The van der Waals surface area contributed by atoms with Crippen LogP contribution in [-0.2, 0) is 9.59 Å². The summed E-state index contributed by atoms with van der Waals surface area (Å²) in [5.41, 5.74) is 0.984. The number of carbonyl (C=O) groups is 2. The second-order valence-corrected chi connectivity index (χ2v) is 6.19. The SMILES string of the molecule is O=C(O)CCC(NC(=O)C1C2CCCC21)c1ccccc1. The van der Waals surface area contributed by atoms with Crippen LogP contribution >= 0.6 is 0 Å². The van der Waals surface area contributed by atoms with Gasteiger partial charge in [-0.15, -0.1) is 0 Å². The maximum absolute atomic E-state index is 12.4. The molecule has 3 atom stereocenters. The summed E-state index contributed by atoms with van der Waals surface area (Å²) in [5.74, 6) is 0.633. The number of amides is 1. The highest BCUT2D eigenvalue weighted by molar-refractivity contribution is 5.83. The molecule has 2 aliphatic rings. The Hall–Kier alpha value is -1.84. The smallest absolute Gasteiger partial charge is 0.303 e. The third-order valence-corrected chi connectivity index (χ3v) is 4.87. The maximum atomic E-state index is 12.4. The molecule has 0 saturated heterocycles. The Labute approximate surface area is 124 Å². The lowest BCUT2D eigenvalue weighted by Crippen LogP contribution is -2.31. The first-order valence-electron chi connectivity index (χ1n) is 7.74. The molecular weight excluding hydrogens is 266 g/mol. The Bertz CT molecular complexity index is 518. The molecule has 0 aromatic heterocycles. The average Bonchev–Trinajstić information content (AvgIpc) is 2.97. The van der Waals surface area contributed by atoms with Gasteiger partial charge in [0.05, 0.1) is 6.04 Å². The molecule has 1 aromatic carbocycles. The first-order chi connectivity index (χ1) is 10.2. The van der Waals surface area contributed by atoms with Crippen LogP contribution in [0.4, 0.5) is 0 Å². The molecule has 21 heavy (non-hydrogen) atoms. The van der Waals surface area contributed by atoms with E-state index in [1.807, 2.05) is 30.3 Å². The van der Waals surface area contributed by atoms with Gasteiger partial charge < -0.3 is 10.4 Å². The summed E-state index contributed by atoms with van der Waals surface area (Å²) in [7, 11) is 0. The van der Waals surface area contributed by atoms with Crippen LogP contribution in [0.1, 0.15) is 43.7 Å². The molecule has 0 spiro atoms. The van der Waals surface area contributed by atoms with Crippen LogP contribution in [-0.4, -0.2) is 17.0 Å². The van der Waals surface area contributed by atoms with E-state index in [2.05, 4.69) is 5.32 Å². The van der Waals surface area contributed by atoms with Gasteiger partial charge in [0.1, 0.15) is 0 Å². The average molecular weight is 287 g/mol. The highest BCUT2D eigenvalue weighted by atomic mass is 16.4. The molecule has 2 saturated carbocycles. The number of carboxylic acid groups (broad SMARTS) is 1. The van der Waals surface area contributed by atoms with Crippen molar-refractivity contribution in [3.63, 3.8) is 0 Å². The lowest BCUT2D eigenvalue weighted by Gasteiger charge is -2.19. The predicted octanol–water partition coefficient (Wildman–Crippen LogP) is 2.75. The van der Waals surface area contributed by atoms with Crippen molar-refractivity contribution in [1.29, 1.82) is 0 Å². The van der Waals surface area contributed by atoms with E-state index in [0.717, 1.165) is 5.56 Å². The van der Waals surface area contributed by atoms with Crippen LogP contribution in [0.15, 0.2) is 30.3 Å². The molecule has 2 aliphatic carbocycles. The van der Waals surface area contributed by atoms with Gasteiger partial charge in [0, 0.05) is 12.3 Å². The molecule has 1 aromatic rings. The van der Waals surface area contributed by atoms with E-state index in [-0.39, 0.29) is 24.3 Å². The van der Waals surface area contributed by atoms with Gasteiger partial charge in [0.25, 0.3) is 0 Å². The summed E-state index contributed by atoms with van der Waals surface area (Å²) in [6, 6.07) is 9.45. The number of rotatable bonds is 6. The molecule has 2 fully saturated rings. The molecule has 1 amide bonds. The van der Waals surface area contributed by atoms with Crippen molar-refractivity contribution in [3.8, 4) is 0 Å². The first kappa shape index (κ1) is 14.1. The number of benzene rings is 1. The number of fused-ring (bicyclic) bond motifs is 1. The quantitative estimate of drug-likeness (QED) is 0.845. The van der Waals surface area contributed by atoms with Crippen molar-refractivity contribution in [2.75, 3.05) is 0 Å². The predicted molar refractivity (Wildman–Crippen MR) is 78.5 cm³/mol. The topological polar surface area (TPSA) is 66.4 Å². The summed E-state index contributed by atoms with van der Waals surface area (Å²) >= 11 is 0. The normalized spacial score (nSPS) is 27.7. The molecule has 3 rings (SSSR count). The Morgan fingerprint density at radius 1 is 1.19 bits per heavy atom. The second kappa shape index (κ2) is 5.88. The monoisotopic (exact) mass is 287 g/mol. The van der Waals surface area contributed by atoms with Gasteiger partial charge in [-0.1, -0.05) is 36.8 Å². The molecule has 2 N–H and O–H groups in total. The van der Waals surface area contributed by atoms with Crippen LogP contribution in [0.5, 0.6) is 0 Å². The molecule has 112 valence electrons. The van der Waals surface area contributed by atoms with Crippen molar-refractivity contribution in [3.05, 3.63) is 35.9 Å². The van der Waals surface area contributed by atoms with Crippen molar-refractivity contribution in [1.82, 2.24) is 5.32 Å². The highest BCUT2D eigenvalue weighted by Gasteiger charge is 2.56. The van der Waals surface area contributed by atoms with Crippen LogP contribution < -0.4 is 5.32 Å². The van der Waals surface area contributed by atoms with Crippen LogP contribution in [0.25, 0.3) is 0 Å². The van der Waals surface area contributed by atoms with Gasteiger partial charge in [-0.3, -0.25) is 9.59 Å². The van der Waals surface area contributed by atoms with E-state index in [1.165, 1.54) is 19.3 Å². The summed E-state index contributed by atoms with van der Waals surface area (Å²) in [6.07, 6.45) is 4.10. The Kier molecular flexibility index (Phi) is 3.95. The van der Waals surface area contributed by atoms with Crippen molar-refractivity contribution in [2.45, 2.75) is 38.1 Å². The standard InChI is InChI=1S/C17H21NO3/c19-15(20)10-9-14(11-5-2-1-3-6-11)18-17(21)16-12-7-4-8-13(12)16/h1-3,5-6,12-14,16H,4,7-10H2,(H,18,21)(H,19,20). The molecule has 4 heteroatoms. The van der Waals surface area contributed by atoms with Crippen LogP contribution in [0, 0.1) is 17.8 Å². The Balaban J connectivity index is 1.64. The Morgan fingerprint density at radius 2 is 1.86 bits per heavy atom. The Morgan fingerprint density at radius 3 is 2.48 bits per heavy atom. The van der Waals surface area contributed by atoms with Crippen LogP contribution in [0.3, 0.4) is 0 Å². The van der Waals surface area contributed by atoms with Gasteiger partial charge in [-0.2, -0.15) is 0 Å². The zero-order chi connectivity index (χ0) is 14.8. The molecule has 0 bridgehead atoms. The fraction of sp³-hybridized carbons (Fsp3) is 0.529. The summed E-state index contributed by atoms with van der Waals surface area (Å²) < 4.78 is 0. The minimum absolute atomic E-state index is 0.0668. The number of aliphatic carboxylic acids is 1. The van der Waals surface area contributed by atoms with E-state index >= 15 is 0 Å². The van der Waals surface area contributed by atoms with Gasteiger partial charge in [0.2, 0.25) is 5.91 Å². The zero-order valence-corrected chi connectivity index (χ0v) is 12.0. The van der Waals surface area contributed by atoms with Crippen molar-refractivity contribution in [2.24, 2.45) is 17.8 Å². The fourth-order valence-electron chi connectivity index (χ4n) is 3.75. The second-order valence-electron chi connectivity index (χ2n) is 6.19. The fourth-order valence-corrected chi connectivity index (χ4v) is 3.75. The molecule has 4 nitrogen and oxygen atoms in total. The third-order valence-electron chi connectivity index (χ3n) is 4.87. The summed E-state index contributed by atoms with van der Waals surface area (Å²) in [5, 5.41) is 12.0. The highest BCUT2D eigenvalue weighted by Crippen LogP contribution is 2.57. The minimum Gasteiger partial charge on any atom is -0.481 e. The first-order valence-corrected chi connectivity index (χ1v) is 7.74. The van der Waals surface area contributed by atoms with E-state index in [4.69, 9.17) is 5.11 Å². The van der Waals surface area contributed by atoms with E-state index in [0.29, 0.717) is 18.3 Å². The van der Waals surface area contributed by atoms with Gasteiger partial charge in [-0.25, -0.2) is 0 Å². The molecule has 0 aliphatic heterocycles. The molecule has 3 unspecified atom stereocenters. The van der Waals surface area contributed by atoms with E-state index in [9.17, 15) is 9.59 Å². The van der Waals surface area contributed by atoms with Gasteiger partial charge in [-0.05, 0) is 36.7 Å². The molecular formula is C17H21NO3. The maximum Gasteiger partial charge on any atom is 0.303 e. The number of nitrogens with one attached hydrogen (secondary N) is 1. The van der Waals surface area contributed by atoms with E-state index < -0.39 is 5.97 Å². The van der Waals surface area contributed by atoms with Crippen molar-refractivity contribution >= 4 is 11.9 Å². The molecule has 0 radical (unpaired) electrons. The van der Waals surface area contributed by atoms with Gasteiger partial charge >= 0.3 is 5.97 Å². The summed E-state index contributed by atoms with van der Waals surface area (Å²) in [6.45, 7) is 0. The summed E-state index contributed by atoms with van der Waals surface area (Å²) in [4.78, 5) is 23.2.